The minimum atomic E-state index is -0.471. The van der Waals surface area contributed by atoms with Crippen molar-refractivity contribution in [2.24, 2.45) is 5.92 Å². The van der Waals surface area contributed by atoms with Crippen molar-refractivity contribution >= 4 is 11.8 Å². The highest BCUT2D eigenvalue weighted by Gasteiger charge is 2.24. The third-order valence-electron chi connectivity index (χ3n) is 1.77. The first-order chi connectivity index (χ1) is 6.26. The maximum atomic E-state index is 11.6. The predicted molar refractivity (Wildman–Crippen MR) is 54.9 cm³/mol. The highest BCUT2D eigenvalue weighted by molar-refractivity contribution is 5.82. The van der Waals surface area contributed by atoms with Crippen LogP contribution in [0.5, 0.6) is 0 Å². The van der Waals surface area contributed by atoms with Crippen LogP contribution in [0.3, 0.4) is 0 Å². The summed E-state index contributed by atoms with van der Waals surface area (Å²) in [6, 6.07) is 0. The van der Waals surface area contributed by atoms with Crippen molar-refractivity contribution in [2.75, 3.05) is 0 Å². The van der Waals surface area contributed by atoms with Gasteiger partial charge in [-0.1, -0.05) is 6.92 Å². The second-order valence-electron chi connectivity index (χ2n) is 4.54. The molecule has 0 aliphatic rings. The van der Waals surface area contributed by atoms with Gasteiger partial charge in [0.05, 0.1) is 5.92 Å². The second kappa shape index (κ2) is 5.13. The number of ketones is 1. The number of ether oxygens (including phenoxy) is 1. The van der Waals surface area contributed by atoms with Crippen LogP contribution in [-0.2, 0) is 14.3 Å². The van der Waals surface area contributed by atoms with E-state index in [1.54, 1.807) is 0 Å². The van der Waals surface area contributed by atoms with Gasteiger partial charge in [-0.25, -0.2) is 0 Å². The summed E-state index contributed by atoms with van der Waals surface area (Å²) in [6.45, 7) is 8.85. The lowest BCUT2D eigenvalue weighted by Crippen LogP contribution is -2.29. The molecule has 14 heavy (non-hydrogen) atoms. The van der Waals surface area contributed by atoms with E-state index in [4.69, 9.17) is 4.74 Å². The minimum absolute atomic E-state index is 0.0303. The standard InChI is InChI=1S/C11H20O3/c1-6-9(7-8(2)12)10(13)14-11(3,4)5/h9H,6-7H2,1-5H3. The van der Waals surface area contributed by atoms with E-state index < -0.39 is 5.60 Å². The molecule has 3 nitrogen and oxygen atoms in total. The van der Waals surface area contributed by atoms with Crippen molar-refractivity contribution < 1.29 is 14.3 Å². The van der Waals surface area contributed by atoms with Crippen LogP contribution in [0, 0.1) is 5.92 Å². The molecule has 0 spiro atoms. The first-order valence-corrected chi connectivity index (χ1v) is 4.98. The SMILES string of the molecule is CCC(CC(C)=O)C(=O)OC(C)(C)C. The maximum absolute atomic E-state index is 11.6. The van der Waals surface area contributed by atoms with Crippen LogP contribution in [-0.4, -0.2) is 17.4 Å². The molecule has 0 bridgehead atoms. The fourth-order valence-corrected chi connectivity index (χ4v) is 1.13. The number of Topliss-reactive ketones (excluding diaryl/α,β-unsaturated/α-hetero) is 1. The van der Waals surface area contributed by atoms with Crippen LogP contribution < -0.4 is 0 Å². The molecular formula is C11H20O3. The van der Waals surface area contributed by atoms with Crippen molar-refractivity contribution in [2.45, 2.75) is 53.1 Å². The Morgan fingerprint density at radius 1 is 1.29 bits per heavy atom. The van der Waals surface area contributed by atoms with Crippen molar-refractivity contribution in [3.05, 3.63) is 0 Å². The average Bonchev–Trinajstić information content (AvgIpc) is 1.96. The quantitative estimate of drug-likeness (QED) is 0.654. The van der Waals surface area contributed by atoms with Crippen molar-refractivity contribution in [1.82, 2.24) is 0 Å². The van der Waals surface area contributed by atoms with Gasteiger partial charge in [0.25, 0.3) is 0 Å². The van der Waals surface area contributed by atoms with Gasteiger partial charge in [-0.05, 0) is 34.1 Å². The lowest BCUT2D eigenvalue weighted by Gasteiger charge is -2.22. The molecule has 1 unspecified atom stereocenters. The van der Waals surface area contributed by atoms with Gasteiger partial charge in [0, 0.05) is 6.42 Å². The van der Waals surface area contributed by atoms with Crippen LogP contribution in [0.4, 0.5) is 0 Å². The Morgan fingerprint density at radius 3 is 2.07 bits per heavy atom. The summed E-state index contributed by atoms with van der Waals surface area (Å²) in [6.07, 6.45) is 0.930. The Morgan fingerprint density at radius 2 is 1.79 bits per heavy atom. The van der Waals surface area contributed by atoms with Gasteiger partial charge in [-0.15, -0.1) is 0 Å². The lowest BCUT2D eigenvalue weighted by atomic mass is 10.00. The topological polar surface area (TPSA) is 43.4 Å². The Bertz CT molecular complexity index is 213. The summed E-state index contributed by atoms with van der Waals surface area (Å²) in [7, 11) is 0. The summed E-state index contributed by atoms with van der Waals surface area (Å²) in [4.78, 5) is 22.4. The summed E-state index contributed by atoms with van der Waals surface area (Å²) in [5.41, 5.74) is -0.471. The zero-order chi connectivity index (χ0) is 11.4. The van der Waals surface area contributed by atoms with Gasteiger partial charge in [0.2, 0.25) is 0 Å². The zero-order valence-corrected chi connectivity index (χ0v) is 9.72. The van der Waals surface area contributed by atoms with Crippen LogP contribution >= 0.6 is 0 Å². The van der Waals surface area contributed by atoms with E-state index in [9.17, 15) is 9.59 Å². The maximum Gasteiger partial charge on any atom is 0.309 e. The van der Waals surface area contributed by atoms with Gasteiger partial charge >= 0.3 is 5.97 Å². The number of hydrogen-bond donors (Lipinski definition) is 0. The normalized spacial score (nSPS) is 13.5. The second-order valence-corrected chi connectivity index (χ2v) is 4.54. The summed E-state index contributed by atoms with van der Waals surface area (Å²) in [5, 5.41) is 0. The average molecular weight is 200 g/mol. The van der Waals surface area contributed by atoms with E-state index in [-0.39, 0.29) is 24.1 Å². The van der Waals surface area contributed by atoms with E-state index in [0.717, 1.165) is 0 Å². The highest BCUT2D eigenvalue weighted by atomic mass is 16.6. The highest BCUT2D eigenvalue weighted by Crippen LogP contribution is 2.16. The predicted octanol–water partition coefficient (Wildman–Crippen LogP) is 2.33. The Hall–Kier alpha value is -0.860. The smallest absolute Gasteiger partial charge is 0.309 e. The Balaban J connectivity index is 4.25. The minimum Gasteiger partial charge on any atom is -0.460 e. The van der Waals surface area contributed by atoms with Crippen molar-refractivity contribution in [3.8, 4) is 0 Å². The summed E-state index contributed by atoms with van der Waals surface area (Å²) < 4.78 is 5.20. The largest absolute Gasteiger partial charge is 0.460 e. The van der Waals surface area contributed by atoms with Gasteiger partial charge in [-0.2, -0.15) is 0 Å². The van der Waals surface area contributed by atoms with E-state index in [1.165, 1.54) is 6.92 Å². The van der Waals surface area contributed by atoms with Crippen LogP contribution in [0.2, 0.25) is 0 Å². The summed E-state index contributed by atoms with van der Waals surface area (Å²) >= 11 is 0. The molecule has 0 amide bonds. The molecule has 1 atom stereocenters. The van der Waals surface area contributed by atoms with E-state index in [0.29, 0.717) is 6.42 Å². The van der Waals surface area contributed by atoms with Crippen molar-refractivity contribution in [3.63, 3.8) is 0 Å². The molecule has 0 fully saturated rings. The lowest BCUT2D eigenvalue weighted by molar-refractivity contribution is -0.161. The number of carbonyl (C=O) groups excluding carboxylic acids is 2. The molecule has 0 aliphatic heterocycles. The molecule has 0 heterocycles. The van der Waals surface area contributed by atoms with E-state index in [1.807, 2.05) is 27.7 Å². The van der Waals surface area contributed by atoms with Gasteiger partial charge in [-0.3, -0.25) is 4.79 Å². The number of hydrogen-bond acceptors (Lipinski definition) is 3. The molecule has 0 N–H and O–H groups in total. The van der Waals surface area contributed by atoms with Gasteiger partial charge in [0.1, 0.15) is 11.4 Å². The fraction of sp³-hybridized carbons (Fsp3) is 0.818. The first kappa shape index (κ1) is 13.1. The van der Waals surface area contributed by atoms with E-state index >= 15 is 0 Å². The van der Waals surface area contributed by atoms with Crippen molar-refractivity contribution in [1.29, 1.82) is 0 Å². The molecule has 0 aliphatic carbocycles. The Labute approximate surface area is 85.8 Å². The molecule has 3 heteroatoms. The molecule has 0 aromatic heterocycles. The molecule has 0 saturated carbocycles. The molecule has 0 rings (SSSR count). The van der Waals surface area contributed by atoms with E-state index in [2.05, 4.69) is 0 Å². The Kier molecular flexibility index (Phi) is 4.81. The first-order valence-electron chi connectivity index (χ1n) is 4.98. The molecule has 0 aromatic rings. The zero-order valence-electron chi connectivity index (χ0n) is 9.72. The molecule has 0 radical (unpaired) electrons. The molecule has 0 aromatic carbocycles. The number of rotatable bonds is 4. The van der Waals surface area contributed by atoms with Gasteiger partial charge < -0.3 is 9.53 Å². The molecular weight excluding hydrogens is 180 g/mol. The third kappa shape index (κ3) is 5.73. The fourth-order valence-electron chi connectivity index (χ4n) is 1.13. The monoisotopic (exact) mass is 200 g/mol. The van der Waals surface area contributed by atoms with Crippen LogP contribution in [0.15, 0.2) is 0 Å². The number of carbonyl (C=O) groups is 2. The number of esters is 1. The molecule has 82 valence electrons. The molecule has 0 saturated heterocycles. The summed E-state index contributed by atoms with van der Waals surface area (Å²) in [5.74, 6) is -0.523. The van der Waals surface area contributed by atoms with Crippen LogP contribution in [0.1, 0.15) is 47.5 Å². The third-order valence-corrected chi connectivity index (χ3v) is 1.77. The van der Waals surface area contributed by atoms with Gasteiger partial charge in [0.15, 0.2) is 0 Å². The van der Waals surface area contributed by atoms with Crippen LogP contribution in [0.25, 0.3) is 0 Å².